The number of anilines is 4. The number of hydrogen-bond acceptors (Lipinski definition) is 10. The summed E-state index contributed by atoms with van der Waals surface area (Å²) in [5.41, 5.74) is 8.25. The maximum atomic E-state index is 12.5. The molecule has 5 rings (SSSR count). The van der Waals surface area contributed by atoms with Crippen molar-refractivity contribution in [2.45, 2.75) is 51.1 Å². The maximum Gasteiger partial charge on any atom is 0.271 e. The van der Waals surface area contributed by atoms with Crippen molar-refractivity contribution in [2.75, 3.05) is 82.0 Å². The largest absolute Gasteiger partial charge is 0.495 e. The van der Waals surface area contributed by atoms with Crippen molar-refractivity contribution in [2.24, 2.45) is 5.73 Å². The summed E-state index contributed by atoms with van der Waals surface area (Å²) in [6, 6.07) is 6.57. The van der Waals surface area contributed by atoms with Gasteiger partial charge in [-0.25, -0.2) is 9.97 Å². The number of benzene rings is 1. The number of carbonyl (C=O) groups is 2. The molecule has 12 nitrogen and oxygen atoms in total. The Morgan fingerprint density at radius 1 is 1.05 bits per heavy atom. The van der Waals surface area contributed by atoms with Crippen molar-refractivity contribution in [3.63, 3.8) is 0 Å². The smallest absolute Gasteiger partial charge is 0.271 e. The highest BCUT2D eigenvalue weighted by atomic mass is 16.5. The number of piperazine rings is 1. The minimum absolute atomic E-state index is 0.00209. The molecule has 1 aromatic carbocycles. The van der Waals surface area contributed by atoms with Crippen LogP contribution in [0.4, 0.5) is 23.0 Å². The number of likely N-dealkylation sites (N-methyl/N-ethyl adjacent to an activating group) is 1. The van der Waals surface area contributed by atoms with Gasteiger partial charge in [0.15, 0.2) is 17.3 Å². The third kappa shape index (κ3) is 7.07. The van der Waals surface area contributed by atoms with Crippen molar-refractivity contribution in [1.29, 1.82) is 0 Å². The maximum absolute atomic E-state index is 12.5. The molecule has 0 radical (unpaired) electrons. The molecule has 44 heavy (non-hydrogen) atoms. The van der Waals surface area contributed by atoms with Crippen LogP contribution in [-0.4, -0.2) is 115 Å². The first kappa shape index (κ1) is 31.5. The number of nitrogens with two attached hydrogens (primary N) is 1. The zero-order chi connectivity index (χ0) is 31.4. The van der Waals surface area contributed by atoms with E-state index in [1.165, 1.54) is 6.08 Å². The number of nitrogens with one attached hydrogen (secondary N) is 2. The second-order valence-corrected chi connectivity index (χ2v) is 12.4. The van der Waals surface area contributed by atoms with Crippen LogP contribution in [0.25, 0.3) is 0 Å². The summed E-state index contributed by atoms with van der Waals surface area (Å²) >= 11 is 0. The van der Waals surface area contributed by atoms with Crippen LogP contribution in [0.15, 0.2) is 30.9 Å². The number of hydrogen-bond donors (Lipinski definition) is 3. The van der Waals surface area contributed by atoms with Crippen molar-refractivity contribution in [3.8, 4) is 5.75 Å². The van der Waals surface area contributed by atoms with E-state index in [-0.39, 0.29) is 29.4 Å². The van der Waals surface area contributed by atoms with Crippen molar-refractivity contribution in [3.05, 3.63) is 42.2 Å². The van der Waals surface area contributed by atoms with E-state index in [4.69, 9.17) is 15.5 Å². The molecular weight excluding hydrogens is 558 g/mol. The minimum Gasteiger partial charge on any atom is -0.495 e. The zero-order valence-electron chi connectivity index (χ0n) is 26.5. The van der Waals surface area contributed by atoms with E-state index in [1.54, 1.807) is 12.0 Å². The molecule has 4 N–H and O–H groups in total. The molecule has 3 aliphatic heterocycles. The monoisotopic (exact) mass is 605 g/mol. The van der Waals surface area contributed by atoms with E-state index >= 15 is 0 Å². The molecule has 0 saturated carbocycles. The molecule has 1 atom stereocenters. The molecule has 4 heterocycles. The van der Waals surface area contributed by atoms with Crippen LogP contribution in [0.2, 0.25) is 0 Å². The number of methoxy groups -OCH3 is 1. The third-order valence-corrected chi connectivity index (χ3v) is 9.02. The Kier molecular flexibility index (Phi) is 9.90. The lowest BCUT2D eigenvalue weighted by molar-refractivity contribution is -0.125. The summed E-state index contributed by atoms with van der Waals surface area (Å²) in [4.78, 5) is 43.3. The predicted molar refractivity (Wildman–Crippen MR) is 174 cm³/mol. The third-order valence-electron chi connectivity index (χ3n) is 9.02. The van der Waals surface area contributed by atoms with Gasteiger partial charge in [-0.1, -0.05) is 20.4 Å². The average molecular weight is 606 g/mol. The van der Waals surface area contributed by atoms with Crippen molar-refractivity contribution < 1.29 is 14.3 Å². The standard InChI is InChI=1S/C32H47N9O3/c1-6-27(42)41-12-9-23(20-41)35-31-28(21(2)3)36-29(30(33)43)32(37-31)34-22-7-8-25(26(19-22)44-5)40-13-10-24(11-14-40)39-17-15-38(4)16-18-39/h6-8,19,21,23-24H,1,9-18,20H2,2-5H3,(H2,33,43)(H2,34,35,37)/t23-/m1/s1. The first-order valence-corrected chi connectivity index (χ1v) is 15.7. The minimum atomic E-state index is -0.663. The van der Waals surface area contributed by atoms with Gasteiger partial charge in [0.1, 0.15) is 5.75 Å². The number of aromatic nitrogens is 2. The lowest BCUT2D eigenvalue weighted by atomic mass is 10.0. The molecule has 238 valence electrons. The molecule has 12 heteroatoms. The molecule has 3 aliphatic rings. The number of carbonyl (C=O) groups excluding carboxylic acids is 2. The molecule has 1 aromatic heterocycles. The van der Waals surface area contributed by atoms with Crippen molar-refractivity contribution >= 4 is 34.8 Å². The average Bonchev–Trinajstić information content (AvgIpc) is 3.49. The second-order valence-electron chi connectivity index (χ2n) is 12.4. The Morgan fingerprint density at radius 2 is 1.77 bits per heavy atom. The van der Waals surface area contributed by atoms with Crippen molar-refractivity contribution in [1.82, 2.24) is 24.7 Å². The Bertz CT molecular complexity index is 1350. The molecule has 3 saturated heterocycles. The van der Waals surface area contributed by atoms with E-state index in [0.29, 0.717) is 36.3 Å². The normalized spacial score (nSPS) is 20.2. The topological polar surface area (TPSA) is 132 Å². The summed E-state index contributed by atoms with van der Waals surface area (Å²) in [5.74, 6) is 0.818. The fourth-order valence-electron chi connectivity index (χ4n) is 6.43. The summed E-state index contributed by atoms with van der Waals surface area (Å²) in [7, 11) is 3.87. The van der Waals surface area contributed by atoms with Gasteiger partial charge in [0.2, 0.25) is 5.91 Å². The number of primary amides is 1. The molecular formula is C32H47N9O3. The Morgan fingerprint density at radius 3 is 2.41 bits per heavy atom. The quantitative estimate of drug-likeness (QED) is 0.348. The highest BCUT2D eigenvalue weighted by molar-refractivity contribution is 5.96. The van der Waals surface area contributed by atoms with E-state index < -0.39 is 5.91 Å². The molecule has 3 fully saturated rings. The van der Waals surface area contributed by atoms with Crippen LogP contribution in [0.5, 0.6) is 5.75 Å². The first-order valence-electron chi connectivity index (χ1n) is 15.7. The van der Waals surface area contributed by atoms with Gasteiger partial charge in [0.05, 0.1) is 18.5 Å². The van der Waals surface area contributed by atoms with Crippen LogP contribution in [0.1, 0.15) is 55.2 Å². The molecule has 0 unspecified atom stereocenters. The van der Waals surface area contributed by atoms with Crippen LogP contribution >= 0.6 is 0 Å². The molecule has 0 bridgehead atoms. The Labute approximate surface area is 260 Å². The summed E-state index contributed by atoms with van der Waals surface area (Å²) in [6.07, 6.45) is 4.36. The highest BCUT2D eigenvalue weighted by Gasteiger charge is 2.29. The van der Waals surface area contributed by atoms with Crippen LogP contribution in [-0.2, 0) is 4.79 Å². The number of rotatable bonds is 10. The van der Waals surface area contributed by atoms with Gasteiger partial charge in [-0.3, -0.25) is 14.5 Å². The number of piperidine rings is 1. The first-order chi connectivity index (χ1) is 21.2. The Hall–Kier alpha value is -3.90. The number of nitrogens with zero attached hydrogens (tertiary/aromatic N) is 6. The summed E-state index contributed by atoms with van der Waals surface area (Å²) in [6.45, 7) is 15.3. The molecule has 2 aromatic rings. The van der Waals surface area contributed by atoms with E-state index in [0.717, 1.165) is 70.0 Å². The van der Waals surface area contributed by atoms with Gasteiger partial charge >= 0.3 is 0 Å². The molecule has 0 aliphatic carbocycles. The second kappa shape index (κ2) is 13.8. The lowest BCUT2D eigenvalue weighted by Gasteiger charge is -2.42. The van der Waals surface area contributed by atoms with Gasteiger partial charge in [0, 0.05) is 76.2 Å². The lowest BCUT2D eigenvalue weighted by Crippen LogP contribution is -2.52. The number of ether oxygens (including phenoxy) is 1. The Balaban J connectivity index is 1.32. The summed E-state index contributed by atoms with van der Waals surface area (Å²) < 4.78 is 5.83. The van der Waals surface area contributed by atoms with Gasteiger partial charge in [-0.05, 0) is 50.4 Å². The van der Waals surface area contributed by atoms with Crippen LogP contribution < -0.4 is 26.0 Å². The predicted octanol–water partition coefficient (Wildman–Crippen LogP) is 2.87. The fraction of sp³-hybridized carbons (Fsp3) is 0.562. The van der Waals surface area contributed by atoms with Gasteiger partial charge in [0.25, 0.3) is 5.91 Å². The zero-order valence-corrected chi connectivity index (χ0v) is 26.5. The van der Waals surface area contributed by atoms with Gasteiger partial charge in [-0.15, -0.1) is 0 Å². The number of amides is 2. The fourth-order valence-corrected chi connectivity index (χ4v) is 6.43. The summed E-state index contributed by atoms with van der Waals surface area (Å²) in [5, 5.41) is 6.74. The van der Waals surface area contributed by atoms with Gasteiger partial charge in [-0.2, -0.15) is 0 Å². The van der Waals surface area contributed by atoms with Crippen LogP contribution in [0, 0.1) is 0 Å². The van der Waals surface area contributed by atoms with Crippen LogP contribution in [0.3, 0.4) is 0 Å². The molecule has 2 amide bonds. The van der Waals surface area contributed by atoms with E-state index in [2.05, 4.69) is 50.0 Å². The molecule has 0 spiro atoms. The van der Waals surface area contributed by atoms with Gasteiger partial charge < -0.3 is 35.8 Å². The van der Waals surface area contributed by atoms with E-state index in [9.17, 15) is 9.59 Å². The number of likely N-dealkylation sites (tertiary alicyclic amines) is 1. The highest BCUT2D eigenvalue weighted by Crippen LogP contribution is 2.35. The SMILES string of the molecule is C=CC(=O)N1CC[C@@H](Nc2nc(Nc3ccc(N4CCC(N5CCN(C)CC5)CC4)c(OC)c3)c(C(N)=O)nc2C(C)C)C1. The van der Waals surface area contributed by atoms with E-state index in [1.807, 2.05) is 26.0 Å².